The molecule has 2 unspecified atom stereocenters. The molecular formula is C24H27N5O2. The Labute approximate surface area is 182 Å². The van der Waals surface area contributed by atoms with Crippen LogP contribution < -0.4 is 0 Å². The van der Waals surface area contributed by atoms with E-state index in [4.69, 9.17) is 4.74 Å². The van der Waals surface area contributed by atoms with Crippen LogP contribution in [0, 0.1) is 13.8 Å². The van der Waals surface area contributed by atoms with E-state index in [1.54, 1.807) is 18.6 Å². The summed E-state index contributed by atoms with van der Waals surface area (Å²) in [5, 5.41) is 4.65. The van der Waals surface area contributed by atoms with E-state index in [0.717, 1.165) is 40.2 Å². The lowest BCUT2D eigenvalue weighted by Gasteiger charge is -2.25. The molecule has 0 aromatic carbocycles. The van der Waals surface area contributed by atoms with Crippen LogP contribution in [-0.2, 0) is 22.5 Å². The van der Waals surface area contributed by atoms with Crippen LogP contribution in [0.1, 0.15) is 42.9 Å². The number of nitrogens with zero attached hydrogens (tertiary/aromatic N) is 5. The molecule has 160 valence electrons. The largest absolute Gasteiger partial charge is 0.371 e. The van der Waals surface area contributed by atoms with Gasteiger partial charge in [0.05, 0.1) is 24.3 Å². The molecule has 1 aliphatic rings. The van der Waals surface area contributed by atoms with Gasteiger partial charge in [0.2, 0.25) is 0 Å². The summed E-state index contributed by atoms with van der Waals surface area (Å²) in [6.07, 6.45) is 10.3. The quantitative estimate of drug-likeness (QED) is 0.608. The Morgan fingerprint density at radius 3 is 2.58 bits per heavy atom. The van der Waals surface area contributed by atoms with Crippen LogP contribution in [0.2, 0.25) is 0 Å². The Hall–Kier alpha value is -3.19. The van der Waals surface area contributed by atoms with E-state index >= 15 is 0 Å². The molecule has 4 heterocycles. The first-order valence-corrected chi connectivity index (χ1v) is 10.5. The first-order chi connectivity index (χ1) is 14.9. The molecule has 0 N–H and O–H groups in total. The molecule has 0 saturated carbocycles. The lowest BCUT2D eigenvalue weighted by Crippen LogP contribution is -2.21. The number of aryl methyl sites for hydroxylation is 1. The Morgan fingerprint density at radius 1 is 1.13 bits per heavy atom. The predicted octanol–water partition coefficient (Wildman–Crippen LogP) is 3.74. The van der Waals surface area contributed by atoms with E-state index in [-0.39, 0.29) is 31.0 Å². The van der Waals surface area contributed by atoms with Crippen molar-refractivity contribution in [1.29, 1.82) is 0 Å². The Morgan fingerprint density at radius 2 is 1.90 bits per heavy atom. The third-order valence-corrected chi connectivity index (χ3v) is 5.52. The summed E-state index contributed by atoms with van der Waals surface area (Å²) in [7, 11) is 0. The zero-order chi connectivity index (χ0) is 22.0. The summed E-state index contributed by atoms with van der Waals surface area (Å²) in [6.45, 7) is 8.41. The number of carbonyl (C=O) groups excluding carboxylic acids is 1. The summed E-state index contributed by atoms with van der Waals surface area (Å²) >= 11 is 0. The lowest BCUT2D eigenvalue weighted by atomic mass is 9.95. The molecule has 0 aliphatic carbocycles. The minimum atomic E-state index is 0.0723. The van der Waals surface area contributed by atoms with Gasteiger partial charge in [-0.2, -0.15) is 5.10 Å². The summed E-state index contributed by atoms with van der Waals surface area (Å²) in [5.74, 6) is 0.0723. The van der Waals surface area contributed by atoms with Gasteiger partial charge in [-0.15, -0.1) is 0 Å². The average Bonchev–Trinajstić information content (AvgIpc) is 3.01. The number of rotatable bonds is 6. The number of ketones is 1. The number of pyridine rings is 1. The molecule has 31 heavy (non-hydrogen) atoms. The second kappa shape index (κ2) is 8.89. The van der Waals surface area contributed by atoms with E-state index in [9.17, 15) is 4.79 Å². The van der Waals surface area contributed by atoms with E-state index in [2.05, 4.69) is 40.0 Å². The summed E-state index contributed by atoms with van der Waals surface area (Å²) in [5.41, 5.74) is 6.92. The fourth-order valence-corrected chi connectivity index (χ4v) is 4.19. The van der Waals surface area contributed by atoms with Gasteiger partial charge in [0.15, 0.2) is 5.78 Å². The number of hydrogen-bond donors (Lipinski definition) is 0. The molecule has 1 aliphatic heterocycles. The highest BCUT2D eigenvalue weighted by Crippen LogP contribution is 2.31. The highest BCUT2D eigenvalue weighted by Gasteiger charge is 2.23. The van der Waals surface area contributed by atoms with E-state index in [1.807, 2.05) is 30.7 Å². The van der Waals surface area contributed by atoms with Gasteiger partial charge >= 0.3 is 0 Å². The lowest BCUT2D eigenvalue weighted by molar-refractivity contribution is -0.119. The zero-order valence-electron chi connectivity index (χ0n) is 18.4. The molecule has 3 aromatic rings. The van der Waals surface area contributed by atoms with Gasteiger partial charge in [-0.3, -0.25) is 14.5 Å². The molecule has 7 heteroatoms. The van der Waals surface area contributed by atoms with Crippen LogP contribution in [0.25, 0.3) is 16.7 Å². The monoisotopic (exact) mass is 417 g/mol. The van der Waals surface area contributed by atoms with E-state index in [0.29, 0.717) is 0 Å². The van der Waals surface area contributed by atoms with Crippen LogP contribution in [0.4, 0.5) is 0 Å². The van der Waals surface area contributed by atoms with Crippen LogP contribution in [0.3, 0.4) is 0 Å². The third-order valence-electron chi connectivity index (χ3n) is 5.52. The third kappa shape index (κ3) is 4.77. The second-order valence-electron chi connectivity index (χ2n) is 8.13. The molecular weight excluding hydrogens is 390 g/mol. The van der Waals surface area contributed by atoms with Crippen molar-refractivity contribution in [3.05, 3.63) is 65.8 Å². The number of aromatic nitrogens is 5. The highest BCUT2D eigenvalue weighted by molar-refractivity contribution is 5.81. The van der Waals surface area contributed by atoms with E-state index < -0.39 is 0 Å². The van der Waals surface area contributed by atoms with Crippen molar-refractivity contribution in [2.75, 3.05) is 0 Å². The van der Waals surface area contributed by atoms with Crippen LogP contribution in [-0.4, -0.2) is 42.7 Å². The number of ether oxygens (including phenoxy) is 1. The maximum absolute atomic E-state index is 12.7. The molecule has 0 radical (unpaired) electrons. The topological polar surface area (TPSA) is 82.8 Å². The van der Waals surface area contributed by atoms with Crippen LogP contribution in [0.5, 0.6) is 0 Å². The van der Waals surface area contributed by atoms with E-state index in [1.165, 1.54) is 11.9 Å². The zero-order valence-corrected chi connectivity index (χ0v) is 18.4. The van der Waals surface area contributed by atoms with Gasteiger partial charge in [-0.1, -0.05) is 12.1 Å². The van der Waals surface area contributed by atoms with Crippen molar-refractivity contribution in [3.63, 3.8) is 0 Å². The summed E-state index contributed by atoms with van der Waals surface area (Å²) in [4.78, 5) is 25.2. The maximum Gasteiger partial charge on any atom is 0.160 e. The first-order valence-electron chi connectivity index (χ1n) is 10.5. The fourth-order valence-electron chi connectivity index (χ4n) is 4.19. The van der Waals surface area contributed by atoms with Crippen molar-refractivity contribution in [2.24, 2.45) is 0 Å². The highest BCUT2D eigenvalue weighted by atomic mass is 16.5. The summed E-state index contributed by atoms with van der Waals surface area (Å²) < 4.78 is 7.63. The predicted molar refractivity (Wildman–Crippen MR) is 118 cm³/mol. The second-order valence-corrected chi connectivity index (χ2v) is 8.13. The SMILES string of the molecule is Cc1nn(CC(=O)Cc2ccc(-c3cncnc3)cn2)c(C)c1C1=CC(C)OC(C)C1. The van der Waals surface area contributed by atoms with Crippen molar-refractivity contribution in [2.45, 2.75) is 59.3 Å². The maximum atomic E-state index is 12.7. The molecule has 0 saturated heterocycles. The first kappa shape index (κ1) is 21.1. The molecule has 3 aromatic heterocycles. The number of Topliss-reactive ketones (excluding diaryl/α,β-unsaturated/α-hetero) is 1. The molecule has 2 atom stereocenters. The minimum Gasteiger partial charge on any atom is -0.371 e. The molecule has 0 bridgehead atoms. The molecule has 0 spiro atoms. The molecule has 0 amide bonds. The van der Waals surface area contributed by atoms with Crippen molar-refractivity contribution in [3.8, 4) is 11.1 Å². The van der Waals surface area contributed by atoms with Gasteiger partial charge in [-0.05, 0) is 45.8 Å². The van der Waals surface area contributed by atoms with Crippen molar-refractivity contribution in [1.82, 2.24) is 24.7 Å². The van der Waals surface area contributed by atoms with Crippen LogP contribution >= 0.6 is 0 Å². The average molecular weight is 418 g/mol. The normalized spacial score (nSPS) is 18.6. The summed E-state index contributed by atoms with van der Waals surface area (Å²) in [6, 6.07) is 3.82. The molecule has 4 rings (SSSR count). The molecule has 7 nitrogen and oxygen atoms in total. The van der Waals surface area contributed by atoms with Crippen LogP contribution in [0.15, 0.2) is 43.1 Å². The number of hydrogen-bond acceptors (Lipinski definition) is 6. The standard InChI is InChI=1S/C24H27N5O2/c1-15-7-20(8-16(2)31-15)24-17(3)28-29(18(24)4)13-23(30)9-22-6-5-19(12-27-22)21-10-25-14-26-11-21/h5-7,10-12,14-16H,8-9,13H2,1-4H3. The Balaban J connectivity index is 1.46. The Kier molecular flexibility index (Phi) is 6.04. The number of carbonyl (C=O) groups is 1. The van der Waals surface area contributed by atoms with Gasteiger partial charge in [0, 0.05) is 46.7 Å². The van der Waals surface area contributed by atoms with Gasteiger partial charge < -0.3 is 4.74 Å². The van der Waals surface area contributed by atoms with Gasteiger partial charge in [0.1, 0.15) is 12.9 Å². The minimum absolute atomic E-state index is 0.0723. The van der Waals surface area contributed by atoms with Crippen molar-refractivity contribution < 1.29 is 9.53 Å². The van der Waals surface area contributed by atoms with Gasteiger partial charge in [-0.25, -0.2) is 9.97 Å². The smallest absolute Gasteiger partial charge is 0.160 e. The molecule has 0 fully saturated rings. The Bertz CT molecular complexity index is 1100. The fraction of sp³-hybridized carbons (Fsp3) is 0.375. The van der Waals surface area contributed by atoms with Crippen molar-refractivity contribution >= 4 is 11.4 Å². The van der Waals surface area contributed by atoms with Gasteiger partial charge in [0.25, 0.3) is 0 Å².